The molecule has 0 saturated heterocycles. The number of hydrogen-bond donors (Lipinski definition) is 1. The monoisotopic (exact) mass is 277 g/mol. The van der Waals surface area contributed by atoms with Crippen LogP contribution in [0.5, 0.6) is 0 Å². The van der Waals surface area contributed by atoms with Gasteiger partial charge in [-0.05, 0) is 23.6 Å². The maximum atomic E-state index is 12.9. The fourth-order valence-electron chi connectivity index (χ4n) is 1.11. The van der Waals surface area contributed by atoms with Gasteiger partial charge < -0.3 is 5.32 Å². The van der Waals surface area contributed by atoms with Crippen LogP contribution in [-0.4, -0.2) is 18.3 Å². The van der Waals surface area contributed by atoms with Crippen molar-refractivity contribution in [2.45, 2.75) is 13.8 Å². The SMILES string of the molecule is CC(C)(CCl)CNC(=O)c1ccc(F)c(Cl)c1. The number of alkyl halides is 1. The molecule has 0 aliphatic carbocycles. The third-order valence-corrected chi connectivity index (χ3v) is 3.28. The van der Waals surface area contributed by atoms with Crippen LogP contribution in [0.2, 0.25) is 5.02 Å². The zero-order valence-electron chi connectivity index (χ0n) is 9.69. The quantitative estimate of drug-likeness (QED) is 0.839. The normalized spacial score (nSPS) is 11.4. The van der Waals surface area contributed by atoms with Gasteiger partial charge in [-0.3, -0.25) is 4.79 Å². The van der Waals surface area contributed by atoms with Crippen LogP contribution in [0.25, 0.3) is 0 Å². The van der Waals surface area contributed by atoms with E-state index in [1.807, 2.05) is 13.8 Å². The predicted octanol–water partition coefficient (Wildman–Crippen LogP) is 3.47. The Hall–Kier alpha value is -0.800. The molecule has 0 saturated carbocycles. The molecule has 0 heterocycles. The summed E-state index contributed by atoms with van der Waals surface area (Å²) in [5.74, 6) is -0.383. The summed E-state index contributed by atoms with van der Waals surface area (Å²) >= 11 is 11.3. The van der Waals surface area contributed by atoms with Crippen molar-refractivity contribution in [1.29, 1.82) is 0 Å². The smallest absolute Gasteiger partial charge is 0.251 e. The number of rotatable bonds is 4. The Bertz CT molecular complexity index is 421. The summed E-state index contributed by atoms with van der Waals surface area (Å²) in [6, 6.07) is 3.87. The van der Waals surface area contributed by atoms with Crippen LogP contribution >= 0.6 is 23.2 Å². The van der Waals surface area contributed by atoms with Crippen molar-refractivity contribution in [2.75, 3.05) is 12.4 Å². The molecule has 0 spiro atoms. The average Bonchev–Trinajstić information content (AvgIpc) is 2.30. The molecule has 17 heavy (non-hydrogen) atoms. The lowest BCUT2D eigenvalue weighted by atomic mass is 9.96. The molecule has 1 N–H and O–H groups in total. The molecule has 0 aliphatic heterocycles. The molecule has 1 aromatic rings. The summed E-state index contributed by atoms with van der Waals surface area (Å²) in [7, 11) is 0. The van der Waals surface area contributed by atoms with Gasteiger partial charge >= 0.3 is 0 Å². The summed E-state index contributed by atoms with van der Waals surface area (Å²) < 4.78 is 12.9. The summed E-state index contributed by atoms with van der Waals surface area (Å²) in [4.78, 5) is 11.7. The molecule has 1 amide bonds. The third-order valence-electron chi connectivity index (χ3n) is 2.27. The largest absolute Gasteiger partial charge is 0.351 e. The molecule has 0 radical (unpaired) electrons. The number of halogens is 3. The van der Waals surface area contributed by atoms with E-state index in [-0.39, 0.29) is 16.3 Å². The van der Waals surface area contributed by atoms with Crippen LogP contribution in [0, 0.1) is 11.2 Å². The van der Waals surface area contributed by atoms with E-state index >= 15 is 0 Å². The second kappa shape index (κ2) is 5.69. The van der Waals surface area contributed by atoms with E-state index < -0.39 is 5.82 Å². The molecule has 0 aromatic heterocycles. The molecule has 0 atom stereocenters. The first kappa shape index (κ1) is 14.3. The van der Waals surface area contributed by atoms with Crippen molar-refractivity contribution >= 4 is 29.1 Å². The average molecular weight is 278 g/mol. The zero-order valence-corrected chi connectivity index (χ0v) is 11.2. The minimum absolute atomic E-state index is 0.0609. The number of carbonyl (C=O) groups is 1. The number of hydrogen-bond acceptors (Lipinski definition) is 1. The van der Waals surface area contributed by atoms with E-state index in [0.717, 1.165) is 0 Å². The minimum atomic E-state index is -0.538. The molecule has 1 aromatic carbocycles. The number of amides is 1. The van der Waals surface area contributed by atoms with Crippen LogP contribution in [0.4, 0.5) is 4.39 Å². The standard InChI is InChI=1S/C12H14Cl2FNO/c1-12(2,6-13)7-16-11(17)8-3-4-10(15)9(14)5-8/h3-5H,6-7H2,1-2H3,(H,16,17). The van der Waals surface area contributed by atoms with Gasteiger partial charge in [-0.1, -0.05) is 25.4 Å². The van der Waals surface area contributed by atoms with Gasteiger partial charge in [-0.15, -0.1) is 11.6 Å². The maximum absolute atomic E-state index is 12.9. The van der Waals surface area contributed by atoms with Gasteiger partial charge in [0, 0.05) is 18.0 Å². The maximum Gasteiger partial charge on any atom is 0.251 e. The lowest BCUT2D eigenvalue weighted by molar-refractivity contribution is 0.0940. The van der Waals surface area contributed by atoms with Gasteiger partial charge in [0.2, 0.25) is 0 Å². The second-order valence-electron chi connectivity index (χ2n) is 4.61. The van der Waals surface area contributed by atoms with Crippen LogP contribution in [0.3, 0.4) is 0 Å². The highest BCUT2D eigenvalue weighted by molar-refractivity contribution is 6.31. The van der Waals surface area contributed by atoms with Crippen molar-refractivity contribution in [3.63, 3.8) is 0 Å². The highest BCUT2D eigenvalue weighted by Gasteiger charge is 2.18. The van der Waals surface area contributed by atoms with Crippen LogP contribution in [0.1, 0.15) is 24.2 Å². The molecule has 0 unspecified atom stereocenters. The first-order valence-corrected chi connectivity index (χ1v) is 6.06. The van der Waals surface area contributed by atoms with Crippen molar-refractivity contribution in [3.8, 4) is 0 Å². The van der Waals surface area contributed by atoms with E-state index in [9.17, 15) is 9.18 Å². The van der Waals surface area contributed by atoms with Gasteiger partial charge in [-0.25, -0.2) is 4.39 Å². The summed E-state index contributed by atoms with van der Waals surface area (Å²) in [5.41, 5.74) is 0.155. The van der Waals surface area contributed by atoms with E-state index in [0.29, 0.717) is 18.0 Å². The first-order chi connectivity index (χ1) is 7.85. The van der Waals surface area contributed by atoms with Gasteiger partial charge in [-0.2, -0.15) is 0 Å². The van der Waals surface area contributed by atoms with Crippen molar-refractivity contribution < 1.29 is 9.18 Å². The molecule has 0 aliphatic rings. The van der Waals surface area contributed by atoms with Gasteiger partial charge in [0.25, 0.3) is 5.91 Å². The predicted molar refractivity (Wildman–Crippen MR) is 68.2 cm³/mol. The van der Waals surface area contributed by atoms with Crippen molar-refractivity contribution in [1.82, 2.24) is 5.32 Å². The molecule has 5 heteroatoms. The van der Waals surface area contributed by atoms with E-state index in [1.54, 1.807) is 0 Å². The second-order valence-corrected chi connectivity index (χ2v) is 5.28. The minimum Gasteiger partial charge on any atom is -0.351 e. The number of nitrogens with one attached hydrogen (secondary N) is 1. The fourth-order valence-corrected chi connectivity index (χ4v) is 1.38. The third kappa shape index (κ3) is 4.17. The Morgan fingerprint density at radius 1 is 1.47 bits per heavy atom. The summed E-state index contributed by atoms with van der Waals surface area (Å²) in [5, 5.41) is 2.67. The van der Waals surface area contributed by atoms with Crippen LogP contribution < -0.4 is 5.32 Å². The molecule has 2 nitrogen and oxygen atoms in total. The molecule has 0 bridgehead atoms. The molecule has 94 valence electrons. The Kier molecular flexibility index (Phi) is 4.78. The van der Waals surface area contributed by atoms with Gasteiger partial charge in [0.1, 0.15) is 5.82 Å². The molecular formula is C12H14Cl2FNO. The summed E-state index contributed by atoms with van der Waals surface area (Å²) in [6.45, 7) is 4.33. The van der Waals surface area contributed by atoms with E-state index in [4.69, 9.17) is 23.2 Å². The highest BCUT2D eigenvalue weighted by Crippen LogP contribution is 2.17. The topological polar surface area (TPSA) is 29.1 Å². The number of carbonyl (C=O) groups excluding carboxylic acids is 1. The van der Waals surface area contributed by atoms with Crippen LogP contribution in [0.15, 0.2) is 18.2 Å². The molecule has 1 rings (SSSR count). The highest BCUT2D eigenvalue weighted by atomic mass is 35.5. The zero-order chi connectivity index (χ0) is 13.1. The van der Waals surface area contributed by atoms with E-state index in [1.165, 1.54) is 18.2 Å². The first-order valence-electron chi connectivity index (χ1n) is 5.15. The van der Waals surface area contributed by atoms with Gasteiger partial charge in [0.15, 0.2) is 0 Å². The molecular weight excluding hydrogens is 264 g/mol. The fraction of sp³-hybridized carbons (Fsp3) is 0.417. The Morgan fingerprint density at radius 3 is 2.65 bits per heavy atom. The van der Waals surface area contributed by atoms with Crippen LogP contribution in [-0.2, 0) is 0 Å². The Morgan fingerprint density at radius 2 is 2.12 bits per heavy atom. The lowest BCUT2D eigenvalue weighted by Crippen LogP contribution is -2.35. The van der Waals surface area contributed by atoms with Gasteiger partial charge in [0.05, 0.1) is 5.02 Å². The van der Waals surface area contributed by atoms with E-state index in [2.05, 4.69) is 5.32 Å². The number of benzene rings is 1. The molecule has 0 fully saturated rings. The Labute approximate surface area is 110 Å². The van der Waals surface area contributed by atoms with Crippen molar-refractivity contribution in [2.24, 2.45) is 5.41 Å². The lowest BCUT2D eigenvalue weighted by Gasteiger charge is -2.21. The summed E-state index contributed by atoms with van der Waals surface area (Å²) in [6.07, 6.45) is 0. The Balaban J connectivity index is 2.68. The van der Waals surface area contributed by atoms with Crippen molar-refractivity contribution in [3.05, 3.63) is 34.6 Å².